The number of hydrogen-bond acceptors (Lipinski definition) is 5. The number of fused-ring (bicyclic) bond motifs is 3. The van der Waals surface area contributed by atoms with Crippen LogP contribution in [0.1, 0.15) is 36.8 Å². The Morgan fingerprint density at radius 1 is 1.33 bits per heavy atom. The molecule has 1 fully saturated rings. The molecule has 146 valence electrons. The molecule has 0 aromatic heterocycles. The largest absolute Gasteiger partial charge is 0.383 e. The number of halogens is 1. The van der Waals surface area contributed by atoms with Crippen LogP contribution in [0.2, 0.25) is 0 Å². The standard InChI is InChI=1S/C20H26BrN3O3/c1-26-10-9-24-17(25)20(23-18(24)22)16-11-14(21)4-3-13(16)12-19(20)7-5-15(27-2)6-8-19/h3-4,11,15H,5-10,12H2,1-2H3,(H2,22,23). The van der Waals surface area contributed by atoms with E-state index in [0.717, 1.165) is 42.1 Å². The molecule has 2 N–H and O–H groups in total. The maximum atomic E-state index is 13.8. The summed E-state index contributed by atoms with van der Waals surface area (Å²) < 4.78 is 11.7. The second kappa shape index (κ2) is 6.87. The molecular formula is C20H26BrN3O3. The van der Waals surface area contributed by atoms with E-state index < -0.39 is 5.54 Å². The number of amides is 1. The van der Waals surface area contributed by atoms with Crippen molar-refractivity contribution in [3.05, 3.63) is 33.8 Å². The van der Waals surface area contributed by atoms with Gasteiger partial charge in [0.25, 0.3) is 5.91 Å². The van der Waals surface area contributed by atoms with Crippen LogP contribution in [-0.4, -0.2) is 50.2 Å². The van der Waals surface area contributed by atoms with Gasteiger partial charge in [-0.3, -0.25) is 9.69 Å². The summed E-state index contributed by atoms with van der Waals surface area (Å²) >= 11 is 3.58. The topological polar surface area (TPSA) is 77.2 Å². The quantitative estimate of drug-likeness (QED) is 0.787. The van der Waals surface area contributed by atoms with E-state index in [1.165, 1.54) is 5.56 Å². The van der Waals surface area contributed by atoms with Crippen molar-refractivity contribution in [2.75, 3.05) is 27.4 Å². The molecule has 1 atom stereocenters. The Bertz CT molecular complexity index is 789. The monoisotopic (exact) mass is 435 g/mol. The maximum absolute atomic E-state index is 13.8. The van der Waals surface area contributed by atoms with Gasteiger partial charge in [-0.2, -0.15) is 0 Å². The highest BCUT2D eigenvalue weighted by molar-refractivity contribution is 9.10. The van der Waals surface area contributed by atoms with Crippen molar-refractivity contribution in [1.29, 1.82) is 0 Å². The summed E-state index contributed by atoms with van der Waals surface area (Å²) in [6, 6.07) is 6.22. The predicted octanol–water partition coefficient (Wildman–Crippen LogP) is 2.58. The number of nitrogens with zero attached hydrogens (tertiary/aromatic N) is 2. The van der Waals surface area contributed by atoms with Crippen molar-refractivity contribution in [2.24, 2.45) is 16.1 Å². The Hall–Kier alpha value is -1.44. The fourth-order valence-corrected chi connectivity index (χ4v) is 5.60. The molecule has 1 aromatic rings. The molecule has 6 nitrogen and oxygen atoms in total. The first kappa shape index (κ1) is 18.9. The van der Waals surface area contributed by atoms with Gasteiger partial charge in [-0.25, -0.2) is 4.99 Å². The molecule has 1 heterocycles. The molecule has 3 aliphatic rings. The normalized spacial score (nSPS) is 32.4. The highest BCUT2D eigenvalue weighted by atomic mass is 79.9. The van der Waals surface area contributed by atoms with Crippen LogP contribution in [0.5, 0.6) is 0 Å². The number of rotatable bonds is 4. The third kappa shape index (κ3) is 2.66. The van der Waals surface area contributed by atoms with Crippen molar-refractivity contribution >= 4 is 27.8 Å². The van der Waals surface area contributed by atoms with Gasteiger partial charge in [0, 0.05) is 24.1 Å². The van der Waals surface area contributed by atoms with Crippen molar-refractivity contribution in [1.82, 2.24) is 4.90 Å². The molecule has 1 unspecified atom stereocenters. The Morgan fingerprint density at radius 3 is 2.74 bits per heavy atom. The van der Waals surface area contributed by atoms with E-state index in [1.54, 1.807) is 19.1 Å². The molecule has 4 rings (SSSR count). The van der Waals surface area contributed by atoms with Gasteiger partial charge in [0.2, 0.25) is 0 Å². The highest BCUT2D eigenvalue weighted by Crippen LogP contribution is 2.62. The Kier molecular flexibility index (Phi) is 4.81. The van der Waals surface area contributed by atoms with E-state index in [2.05, 4.69) is 28.1 Å². The molecule has 0 radical (unpaired) electrons. The smallest absolute Gasteiger partial charge is 0.262 e. The fraction of sp³-hybridized carbons (Fsp3) is 0.600. The average molecular weight is 436 g/mol. The first-order chi connectivity index (χ1) is 13.0. The van der Waals surface area contributed by atoms with Crippen LogP contribution < -0.4 is 5.73 Å². The van der Waals surface area contributed by atoms with Gasteiger partial charge in [-0.1, -0.05) is 22.0 Å². The van der Waals surface area contributed by atoms with Gasteiger partial charge in [-0.05, 0) is 55.4 Å². The van der Waals surface area contributed by atoms with E-state index in [9.17, 15) is 4.79 Å². The average Bonchev–Trinajstić information content (AvgIpc) is 3.07. The minimum atomic E-state index is -0.928. The molecular weight excluding hydrogens is 410 g/mol. The van der Waals surface area contributed by atoms with Gasteiger partial charge < -0.3 is 15.2 Å². The highest BCUT2D eigenvalue weighted by Gasteiger charge is 2.66. The first-order valence-electron chi connectivity index (χ1n) is 9.45. The lowest BCUT2D eigenvalue weighted by Gasteiger charge is -2.45. The molecule has 1 saturated carbocycles. The van der Waals surface area contributed by atoms with Crippen LogP contribution in [0.4, 0.5) is 0 Å². The number of benzene rings is 1. The summed E-state index contributed by atoms with van der Waals surface area (Å²) in [6.07, 6.45) is 4.79. The van der Waals surface area contributed by atoms with Gasteiger partial charge in [0.05, 0.1) is 19.3 Å². The summed E-state index contributed by atoms with van der Waals surface area (Å²) in [5.41, 5.74) is 7.30. The van der Waals surface area contributed by atoms with Crippen LogP contribution in [-0.2, 0) is 26.2 Å². The van der Waals surface area contributed by atoms with Crippen LogP contribution in [0.25, 0.3) is 0 Å². The predicted molar refractivity (Wildman–Crippen MR) is 106 cm³/mol. The van der Waals surface area contributed by atoms with Crippen LogP contribution >= 0.6 is 15.9 Å². The van der Waals surface area contributed by atoms with E-state index in [1.807, 2.05) is 6.07 Å². The summed E-state index contributed by atoms with van der Waals surface area (Å²) in [5, 5.41) is 0. The summed E-state index contributed by atoms with van der Waals surface area (Å²) in [4.78, 5) is 20.3. The summed E-state index contributed by atoms with van der Waals surface area (Å²) in [6.45, 7) is 0.856. The van der Waals surface area contributed by atoms with Gasteiger partial charge in [-0.15, -0.1) is 0 Å². The maximum Gasteiger partial charge on any atom is 0.262 e. The fourth-order valence-electron chi connectivity index (χ4n) is 5.23. The lowest BCUT2D eigenvalue weighted by molar-refractivity contribution is -0.138. The molecule has 1 aliphatic heterocycles. The molecule has 2 spiro atoms. The second-order valence-electron chi connectivity index (χ2n) is 7.82. The van der Waals surface area contributed by atoms with Crippen molar-refractivity contribution in [3.8, 4) is 0 Å². The van der Waals surface area contributed by atoms with Crippen molar-refractivity contribution in [3.63, 3.8) is 0 Å². The Balaban J connectivity index is 1.82. The molecule has 1 amide bonds. The Labute approximate surface area is 168 Å². The molecule has 0 bridgehead atoms. The number of guanidine groups is 1. The van der Waals surface area contributed by atoms with Gasteiger partial charge >= 0.3 is 0 Å². The number of hydrogen-bond donors (Lipinski definition) is 1. The van der Waals surface area contributed by atoms with Crippen molar-refractivity contribution in [2.45, 2.75) is 43.7 Å². The van der Waals surface area contributed by atoms with E-state index >= 15 is 0 Å². The van der Waals surface area contributed by atoms with Crippen molar-refractivity contribution < 1.29 is 14.3 Å². The number of methoxy groups -OCH3 is 2. The lowest BCUT2D eigenvalue weighted by Crippen LogP contribution is -2.52. The van der Waals surface area contributed by atoms with E-state index in [0.29, 0.717) is 19.1 Å². The molecule has 27 heavy (non-hydrogen) atoms. The second-order valence-corrected chi connectivity index (χ2v) is 8.74. The zero-order valence-corrected chi connectivity index (χ0v) is 17.4. The number of nitrogens with two attached hydrogens (primary N) is 1. The van der Waals surface area contributed by atoms with E-state index in [4.69, 9.17) is 20.2 Å². The SMILES string of the molecule is COCCN1C(=O)C2(N=C1N)c1cc(Br)ccc1CC21CCC(OC)CC1. The van der Waals surface area contributed by atoms with Gasteiger partial charge in [0.1, 0.15) is 0 Å². The zero-order chi connectivity index (χ0) is 19.2. The van der Waals surface area contributed by atoms with E-state index in [-0.39, 0.29) is 17.4 Å². The third-order valence-corrected chi connectivity index (χ3v) is 7.11. The number of carbonyl (C=O) groups is 1. The molecule has 7 heteroatoms. The van der Waals surface area contributed by atoms with Gasteiger partial charge in [0.15, 0.2) is 11.5 Å². The minimum absolute atomic E-state index is 0.00948. The molecule has 1 aromatic carbocycles. The lowest BCUT2D eigenvalue weighted by atomic mass is 9.61. The summed E-state index contributed by atoms with van der Waals surface area (Å²) in [5.74, 6) is 0.294. The van der Waals surface area contributed by atoms with Crippen LogP contribution in [0.3, 0.4) is 0 Å². The molecule has 2 aliphatic carbocycles. The Morgan fingerprint density at radius 2 is 2.07 bits per heavy atom. The molecule has 0 saturated heterocycles. The summed E-state index contributed by atoms with van der Waals surface area (Å²) in [7, 11) is 3.39. The number of carbonyl (C=O) groups excluding carboxylic acids is 1. The third-order valence-electron chi connectivity index (χ3n) is 6.61. The van der Waals surface area contributed by atoms with Crippen LogP contribution in [0, 0.1) is 5.41 Å². The zero-order valence-electron chi connectivity index (χ0n) is 15.8. The first-order valence-corrected chi connectivity index (χ1v) is 10.2. The van der Waals surface area contributed by atoms with Crippen LogP contribution in [0.15, 0.2) is 27.7 Å². The number of ether oxygens (including phenoxy) is 2. The minimum Gasteiger partial charge on any atom is -0.383 e. The number of aliphatic imine (C=N–C) groups is 1.